The van der Waals surface area contributed by atoms with Crippen LogP contribution in [0.15, 0.2) is 79.0 Å². The Hall–Kier alpha value is -4.00. The van der Waals surface area contributed by atoms with E-state index in [9.17, 15) is 14.0 Å². The molecule has 1 aliphatic heterocycles. The number of aromatic nitrogens is 2. The summed E-state index contributed by atoms with van der Waals surface area (Å²) in [7, 11) is 1.83. The van der Waals surface area contributed by atoms with Crippen LogP contribution in [0.3, 0.4) is 0 Å². The van der Waals surface area contributed by atoms with Gasteiger partial charge in [0, 0.05) is 24.4 Å². The average Bonchev–Trinajstić information content (AvgIpc) is 3.49. The number of nitrogens with one attached hydrogen (secondary N) is 1. The third-order valence-electron chi connectivity index (χ3n) is 7.16. The first-order valence-corrected chi connectivity index (χ1v) is 12.6. The van der Waals surface area contributed by atoms with E-state index in [4.69, 9.17) is 0 Å². The Labute approximate surface area is 216 Å². The van der Waals surface area contributed by atoms with E-state index in [2.05, 4.69) is 36.4 Å². The lowest BCUT2D eigenvalue weighted by Gasteiger charge is -2.27. The van der Waals surface area contributed by atoms with Crippen molar-refractivity contribution >= 4 is 22.7 Å². The molecule has 0 aliphatic carbocycles. The number of alkyl halides is 1. The Morgan fingerprint density at radius 1 is 0.973 bits per heavy atom. The topological polar surface area (TPSA) is 67.2 Å². The summed E-state index contributed by atoms with van der Waals surface area (Å²) >= 11 is 0. The minimum atomic E-state index is -1.26. The van der Waals surface area contributed by atoms with Crippen molar-refractivity contribution in [2.75, 3.05) is 6.54 Å². The van der Waals surface area contributed by atoms with Crippen molar-refractivity contribution in [1.82, 2.24) is 20.0 Å². The number of nitrogens with zero attached hydrogens (tertiary/aromatic N) is 3. The van der Waals surface area contributed by atoms with Crippen molar-refractivity contribution in [3.05, 3.63) is 101 Å². The van der Waals surface area contributed by atoms with Crippen molar-refractivity contribution in [2.45, 2.75) is 44.4 Å². The second kappa shape index (κ2) is 10.2. The number of benzene rings is 3. The van der Waals surface area contributed by atoms with Gasteiger partial charge in [0.05, 0.1) is 24.3 Å². The molecule has 0 unspecified atom stereocenters. The van der Waals surface area contributed by atoms with Crippen LogP contribution in [0.4, 0.5) is 4.39 Å². The summed E-state index contributed by atoms with van der Waals surface area (Å²) in [5.41, 5.74) is 4.36. The Bertz CT molecular complexity index is 1410. The first kappa shape index (κ1) is 24.7. The second-order valence-electron chi connectivity index (χ2n) is 10.0. The molecule has 3 atom stereocenters. The lowest BCUT2D eigenvalue weighted by molar-refractivity contribution is -0.125. The second-order valence-corrected chi connectivity index (χ2v) is 10.0. The molecule has 1 aliphatic rings. The van der Waals surface area contributed by atoms with Crippen LogP contribution in [-0.4, -0.2) is 45.3 Å². The predicted molar refractivity (Wildman–Crippen MR) is 142 cm³/mol. The van der Waals surface area contributed by atoms with Gasteiger partial charge >= 0.3 is 0 Å². The van der Waals surface area contributed by atoms with Crippen LogP contribution in [0.2, 0.25) is 0 Å². The molecule has 5 rings (SSSR count). The lowest BCUT2D eigenvalue weighted by atomic mass is 9.95. The smallest absolute Gasteiger partial charge is 0.254 e. The summed E-state index contributed by atoms with van der Waals surface area (Å²) in [6.45, 7) is 4.16. The molecule has 1 aromatic heterocycles. The highest BCUT2D eigenvalue weighted by Crippen LogP contribution is 2.28. The third kappa shape index (κ3) is 4.99. The maximum Gasteiger partial charge on any atom is 0.254 e. The van der Waals surface area contributed by atoms with Crippen molar-refractivity contribution in [1.29, 1.82) is 0 Å². The van der Waals surface area contributed by atoms with Crippen molar-refractivity contribution in [2.24, 2.45) is 7.05 Å². The maximum absolute atomic E-state index is 14.6. The van der Waals surface area contributed by atoms with E-state index in [0.29, 0.717) is 11.5 Å². The molecular weight excluding hydrogens is 467 g/mol. The molecule has 37 heavy (non-hydrogen) atoms. The standard InChI is InChI=1S/C30H31FN4O2/c1-19(2)20-9-11-22(12-10-20)28(21-7-5-4-6-8-21)33-29(36)27-16-25(31)18-35(27)30(37)23-13-14-26-24(15-23)17-32-34(26)3/h4-15,17,19,25,27-28H,16,18H2,1-3H3,(H,33,36)/t25-,27+,28+/m1/s1. The molecule has 6 nitrogen and oxygen atoms in total. The van der Waals surface area contributed by atoms with E-state index in [1.54, 1.807) is 23.0 Å². The molecule has 0 spiro atoms. The van der Waals surface area contributed by atoms with Crippen molar-refractivity contribution in [3.8, 4) is 0 Å². The number of likely N-dealkylation sites (tertiary alicyclic amines) is 1. The number of hydrogen-bond donors (Lipinski definition) is 1. The summed E-state index contributed by atoms with van der Waals surface area (Å²) < 4.78 is 16.4. The van der Waals surface area contributed by atoms with Crippen LogP contribution < -0.4 is 5.32 Å². The van der Waals surface area contributed by atoms with Crippen LogP contribution in [-0.2, 0) is 11.8 Å². The Kier molecular flexibility index (Phi) is 6.78. The van der Waals surface area contributed by atoms with Crippen LogP contribution in [0.25, 0.3) is 10.9 Å². The fourth-order valence-corrected chi connectivity index (χ4v) is 5.04. The zero-order valence-electron chi connectivity index (χ0n) is 21.3. The molecule has 190 valence electrons. The van der Waals surface area contributed by atoms with E-state index in [-0.39, 0.29) is 24.8 Å². The highest BCUT2D eigenvalue weighted by atomic mass is 19.1. The molecule has 0 bridgehead atoms. The normalized spacial score (nSPS) is 18.4. The van der Waals surface area contributed by atoms with Gasteiger partial charge in [-0.1, -0.05) is 68.4 Å². The summed E-state index contributed by atoms with van der Waals surface area (Å²) in [4.78, 5) is 28.4. The van der Waals surface area contributed by atoms with Gasteiger partial charge in [-0.15, -0.1) is 0 Å². The molecular formula is C30H31FN4O2. The lowest BCUT2D eigenvalue weighted by Crippen LogP contribution is -2.47. The largest absolute Gasteiger partial charge is 0.343 e. The van der Waals surface area contributed by atoms with Gasteiger partial charge in [-0.05, 0) is 40.8 Å². The molecule has 0 saturated carbocycles. The van der Waals surface area contributed by atoms with Gasteiger partial charge in [-0.3, -0.25) is 14.3 Å². The fraction of sp³-hybridized carbons (Fsp3) is 0.300. The molecule has 1 fully saturated rings. The number of amides is 2. The number of rotatable bonds is 6. The van der Waals surface area contributed by atoms with Crippen LogP contribution in [0.5, 0.6) is 0 Å². The zero-order chi connectivity index (χ0) is 26.1. The van der Waals surface area contributed by atoms with Crippen LogP contribution in [0, 0.1) is 0 Å². The molecule has 1 saturated heterocycles. The van der Waals surface area contributed by atoms with Gasteiger partial charge in [-0.2, -0.15) is 5.10 Å². The minimum absolute atomic E-state index is 0.0273. The Morgan fingerprint density at radius 3 is 2.35 bits per heavy atom. The van der Waals surface area contributed by atoms with Gasteiger partial charge in [0.15, 0.2) is 0 Å². The third-order valence-corrected chi connectivity index (χ3v) is 7.16. The number of hydrogen-bond acceptors (Lipinski definition) is 3. The van der Waals surface area contributed by atoms with E-state index in [1.807, 2.05) is 55.6 Å². The highest BCUT2D eigenvalue weighted by molar-refractivity contribution is 6.00. The molecule has 4 aromatic rings. The van der Waals surface area contributed by atoms with Crippen LogP contribution >= 0.6 is 0 Å². The number of halogens is 1. The maximum atomic E-state index is 14.6. The Morgan fingerprint density at radius 2 is 1.65 bits per heavy atom. The van der Waals surface area contributed by atoms with Gasteiger partial charge < -0.3 is 10.2 Å². The quantitative estimate of drug-likeness (QED) is 0.400. The molecule has 7 heteroatoms. The Balaban J connectivity index is 1.41. The SMILES string of the molecule is CC(C)c1ccc([C@@H](NC(=O)[C@@H]2C[C@@H](F)CN2C(=O)c2ccc3c(cnn3C)c2)c2ccccc2)cc1. The number of carbonyl (C=O) groups excluding carboxylic acids is 2. The fourth-order valence-electron chi connectivity index (χ4n) is 5.04. The van der Waals surface area contributed by atoms with Crippen molar-refractivity contribution < 1.29 is 14.0 Å². The van der Waals surface area contributed by atoms with Gasteiger partial charge in [0.2, 0.25) is 5.91 Å². The summed E-state index contributed by atoms with van der Waals surface area (Å²) in [5.74, 6) is -0.328. The molecule has 0 radical (unpaired) electrons. The highest BCUT2D eigenvalue weighted by Gasteiger charge is 2.41. The van der Waals surface area contributed by atoms with Crippen molar-refractivity contribution in [3.63, 3.8) is 0 Å². The first-order valence-electron chi connectivity index (χ1n) is 12.6. The summed E-state index contributed by atoms with van der Waals surface area (Å²) in [6.07, 6.45) is 0.399. The zero-order valence-corrected chi connectivity index (χ0v) is 21.3. The minimum Gasteiger partial charge on any atom is -0.343 e. The predicted octanol–water partition coefficient (Wildman–Crippen LogP) is 5.16. The molecule has 3 aromatic carbocycles. The summed E-state index contributed by atoms with van der Waals surface area (Å²) in [5, 5.41) is 8.16. The van der Waals surface area contributed by atoms with E-state index in [0.717, 1.165) is 22.0 Å². The molecule has 2 amide bonds. The average molecular weight is 499 g/mol. The van der Waals surface area contributed by atoms with Gasteiger partial charge in [0.1, 0.15) is 12.2 Å². The van der Waals surface area contributed by atoms with Gasteiger partial charge in [0.25, 0.3) is 5.91 Å². The first-order chi connectivity index (χ1) is 17.8. The van der Waals surface area contributed by atoms with E-state index >= 15 is 0 Å². The number of carbonyl (C=O) groups is 2. The summed E-state index contributed by atoms with van der Waals surface area (Å²) in [6, 6.07) is 21.8. The molecule has 2 heterocycles. The van der Waals surface area contributed by atoms with E-state index in [1.165, 1.54) is 10.5 Å². The van der Waals surface area contributed by atoms with Gasteiger partial charge in [-0.25, -0.2) is 4.39 Å². The number of aryl methyl sites for hydroxylation is 1. The number of fused-ring (bicyclic) bond motifs is 1. The van der Waals surface area contributed by atoms with E-state index < -0.39 is 18.3 Å². The molecule has 1 N–H and O–H groups in total. The van der Waals surface area contributed by atoms with Crippen LogP contribution in [0.1, 0.15) is 59.3 Å². The monoisotopic (exact) mass is 498 g/mol.